The van der Waals surface area contributed by atoms with Gasteiger partial charge in [0.2, 0.25) is 5.91 Å². The molecule has 1 fully saturated rings. The highest BCUT2D eigenvalue weighted by Crippen LogP contribution is 2.36. The molecule has 2 rings (SSSR count). The number of carbonyl (C=O) groups is 1. The molecule has 1 aromatic heterocycles. The molecular formula is C12H16N2O. The Morgan fingerprint density at radius 1 is 1.40 bits per heavy atom. The summed E-state index contributed by atoms with van der Waals surface area (Å²) in [7, 11) is 0. The molecule has 2 N–H and O–H groups in total. The third-order valence-corrected chi connectivity index (χ3v) is 3.18. The predicted octanol–water partition coefficient (Wildman–Crippen LogP) is 1.84. The highest BCUT2D eigenvalue weighted by molar-refractivity contribution is 5.81. The molecule has 0 spiro atoms. The number of pyridine rings is 1. The lowest BCUT2D eigenvalue weighted by Gasteiger charge is -2.19. The number of nitrogens with two attached hydrogens (primary N) is 1. The third kappa shape index (κ3) is 2.17. The fourth-order valence-corrected chi connectivity index (χ4v) is 2.47. The van der Waals surface area contributed by atoms with Crippen LogP contribution in [0.3, 0.4) is 0 Å². The second-order valence-corrected chi connectivity index (χ2v) is 4.18. The van der Waals surface area contributed by atoms with Crippen LogP contribution in [0, 0.1) is 5.92 Å². The molecule has 1 heterocycles. The Balaban J connectivity index is 2.23. The normalized spacial score (nSPS) is 18.9. The quantitative estimate of drug-likeness (QED) is 0.816. The summed E-state index contributed by atoms with van der Waals surface area (Å²) in [6, 6.07) is 5.66. The molecule has 1 saturated carbocycles. The first-order valence-electron chi connectivity index (χ1n) is 5.49. The Hall–Kier alpha value is -1.38. The number of hydrogen-bond donors (Lipinski definition) is 1. The molecule has 1 amide bonds. The van der Waals surface area contributed by atoms with Crippen molar-refractivity contribution in [2.45, 2.75) is 31.6 Å². The standard InChI is InChI=1S/C12H16N2O/c13-12(15)11(9-5-1-2-6-9)10-7-3-4-8-14-10/h3-4,7-9,11H,1-2,5-6H2,(H2,13,15). The minimum atomic E-state index is -0.236. The molecule has 1 aliphatic rings. The van der Waals surface area contributed by atoms with E-state index in [4.69, 9.17) is 5.73 Å². The van der Waals surface area contributed by atoms with Gasteiger partial charge in [-0.15, -0.1) is 0 Å². The molecule has 15 heavy (non-hydrogen) atoms. The summed E-state index contributed by atoms with van der Waals surface area (Å²) in [5.41, 5.74) is 6.30. The summed E-state index contributed by atoms with van der Waals surface area (Å²) in [6.45, 7) is 0. The summed E-state index contributed by atoms with van der Waals surface area (Å²) < 4.78 is 0. The number of rotatable bonds is 3. The number of hydrogen-bond acceptors (Lipinski definition) is 2. The SMILES string of the molecule is NC(=O)C(c1ccccn1)C1CCCC1. The number of aromatic nitrogens is 1. The number of primary amides is 1. The van der Waals surface area contributed by atoms with Gasteiger partial charge in [-0.3, -0.25) is 9.78 Å². The average molecular weight is 204 g/mol. The minimum Gasteiger partial charge on any atom is -0.369 e. The summed E-state index contributed by atoms with van der Waals surface area (Å²) in [4.78, 5) is 15.7. The molecule has 0 saturated heterocycles. The van der Waals surface area contributed by atoms with E-state index >= 15 is 0 Å². The van der Waals surface area contributed by atoms with Gasteiger partial charge in [-0.05, 0) is 30.9 Å². The Kier molecular flexibility index (Phi) is 2.99. The van der Waals surface area contributed by atoms with E-state index in [1.54, 1.807) is 6.20 Å². The second-order valence-electron chi connectivity index (χ2n) is 4.18. The maximum atomic E-state index is 11.5. The van der Waals surface area contributed by atoms with E-state index < -0.39 is 0 Å². The summed E-state index contributed by atoms with van der Waals surface area (Å²) in [5, 5.41) is 0. The van der Waals surface area contributed by atoms with E-state index in [0.717, 1.165) is 18.5 Å². The lowest BCUT2D eigenvalue weighted by molar-refractivity contribution is -0.120. The molecule has 80 valence electrons. The highest BCUT2D eigenvalue weighted by atomic mass is 16.1. The van der Waals surface area contributed by atoms with E-state index in [1.165, 1.54) is 12.8 Å². The molecular weight excluding hydrogens is 188 g/mol. The van der Waals surface area contributed by atoms with E-state index in [1.807, 2.05) is 18.2 Å². The van der Waals surface area contributed by atoms with Crippen molar-refractivity contribution in [3.63, 3.8) is 0 Å². The van der Waals surface area contributed by atoms with Gasteiger partial charge in [0.1, 0.15) is 0 Å². The van der Waals surface area contributed by atoms with Gasteiger partial charge in [-0.1, -0.05) is 18.9 Å². The Morgan fingerprint density at radius 2 is 2.13 bits per heavy atom. The van der Waals surface area contributed by atoms with E-state index in [2.05, 4.69) is 4.98 Å². The molecule has 1 atom stereocenters. The highest BCUT2D eigenvalue weighted by Gasteiger charge is 2.31. The summed E-state index contributed by atoms with van der Waals surface area (Å²) >= 11 is 0. The van der Waals surface area contributed by atoms with Gasteiger partial charge in [-0.2, -0.15) is 0 Å². The van der Waals surface area contributed by atoms with Gasteiger partial charge in [0.15, 0.2) is 0 Å². The molecule has 1 aliphatic carbocycles. The van der Waals surface area contributed by atoms with Crippen molar-refractivity contribution < 1.29 is 4.79 Å². The molecule has 0 aliphatic heterocycles. The first kappa shape index (κ1) is 10.1. The number of carbonyl (C=O) groups excluding carboxylic acids is 1. The summed E-state index contributed by atoms with van der Waals surface area (Å²) in [6.07, 6.45) is 6.34. The van der Waals surface area contributed by atoms with Crippen molar-refractivity contribution in [1.82, 2.24) is 4.98 Å². The van der Waals surface area contributed by atoms with Crippen molar-refractivity contribution in [3.8, 4) is 0 Å². The number of amides is 1. The van der Waals surface area contributed by atoms with Gasteiger partial charge in [0, 0.05) is 6.20 Å². The average Bonchev–Trinajstić information content (AvgIpc) is 2.72. The van der Waals surface area contributed by atoms with E-state index in [0.29, 0.717) is 5.92 Å². The smallest absolute Gasteiger partial charge is 0.226 e. The first-order chi connectivity index (χ1) is 7.29. The van der Waals surface area contributed by atoms with Crippen LogP contribution in [0.2, 0.25) is 0 Å². The molecule has 1 unspecified atom stereocenters. The van der Waals surface area contributed by atoms with Crippen molar-refractivity contribution in [2.24, 2.45) is 11.7 Å². The van der Waals surface area contributed by atoms with Crippen LogP contribution in [0.5, 0.6) is 0 Å². The van der Waals surface area contributed by atoms with Gasteiger partial charge in [-0.25, -0.2) is 0 Å². The topological polar surface area (TPSA) is 56.0 Å². The van der Waals surface area contributed by atoms with Crippen molar-refractivity contribution in [1.29, 1.82) is 0 Å². The Bertz CT molecular complexity index is 331. The van der Waals surface area contributed by atoms with Crippen LogP contribution >= 0.6 is 0 Å². The second kappa shape index (κ2) is 4.43. The largest absolute Gasteiger partial charge is 0.369 e. The van der Waals surface area contributed by atoms with Gasteiger partial charge in [0.05, 0.1) is 11.6 Å². The van der Waals surface area contributed by atoms with Crippen LogP contribution in [0.1, 0.15) is 37.3 Å². The number of nitrogens with zero attached hydrogens (tertiary/aromatic N) is 1. The van der Waals surface area contributed by atoms with Crippen molar-refractivity contribution in [2.75, 3.05) is 0 Å². The zero-order chi connectivity index (χ0) is 10.7. The molecule has 0 aromatic carbocycles. The van der Waals surface area contributed by atoms with E-state index in [-0.39, 0.29) is 11.8 Å². The van der Waals surface area contributed by atoms with Crippen molar-refractivity contribution >= 4 is 5.91 Å². The maximum absolute atomic E-state index is 11.5. The van der Waals surface area contributed by atoms with Crippen LogP contribution in [-0.4, -0.2) is 10.9 Å². The van der Waals surface area contributed by atoms with Crippen LogP contribution in [-0.2, 0) is 4.79 Å². The van der Waals surface area contributed by atoms with Crippen LogP contribution < -0.4 is 5.73 Å². The van der Waals surface area contributed by atoms with Crippen LogP contribution in [0.15, 0.2) is 24.4 Å². The monoisotopic (exact) mass is 204 g/mol. The fourth-order valence-electron chi connectivity index (χ4n) is 2.47. The van der Waals surface area contributed by atoms with Crippen LogP contribution in [0.25, 0.3) is 0 Å². The molecule has 0 radical (unpaired) electrons. The molecule has 3 nitrogen and oxygen atoms in total. The van der Waals surface area contributed by atoms with Gasteiger partial charge >= 0.3 is 0 Å². The Labute approximate surface area is 89.7 Å². The van der Waals surface area contributed by atoms with E-state index in [9.17, 15) is 4.79 Å². The zero-order valence-corrected chi connectivity index (χ0v) is 8.73. The maximum Gasteiger partial charge on any atom is 0.226 e. The van der Waals surface area contributed by atoms with Gasteiger partial charge < -0.3 is 5.73 Å². The molecule has 0 bridgehead atoms. The lowest BCUT2D eigenvalue weighted by atomic mass is 9.87. The third-order valence-electron chi connectivity index (χ3n) is 3.18. The van der Waals surface area contributed by atoms with Crippen LogP contribution in [0.4, 0.5) is 0 Å². The predicted molar refractivity (Wildman–Crippen MR) is 58.1 cm³/mol. The molecule has 3 heteroatoms. The van der Waals surface area contributed by atoms with Gasteiger partial charge in [0.25, 0.3) is 0 Å². The molecule has 1 aromatic rings. The Morgan fingerprint density at radius 3 is 2.67 bits per heavy atom. The first-order valence-corrected chi connectivity index (χ1v) is 5.49. The fraction of sp³-hybridized carbons (Fsp3) is 0.500. The van der Waals surface area contributed by atoms with Crippen molar-refractivity contribution in [3.05, 3.63) is 30.1 Å². The lowest BCUT2D eigenvalue weighted by Crippen LogP contribution is -2.27. The summed E-state index contributed by atoms with van der Waals surface area (Å²) in [5.74, 6) is -0.0216. The minimum absolute atomic E-state index is 0.186. The zero-order valence-electron chi connectivity index (χ0n) is 8.73.